The van der Waals surface area contributed by atoms with Crippen LogP contribution in [0.1, 0.15) is 13.3 Å². The van der Waals surface area contributed by atoms with Crippen LogP contribution in [0.3, 0.4) is 0 Å². The number of amides is 1. The van der Waals surface area contributed by atoms with E-state index < -0.39 is 0 Å². The zero-order valence-corrected chi connectivity index (χ0v) is 7.42. The van der Waals surface area contributed by atoms with E-state index in [1.165, 1.54) is 0 Å². The zero-order chi connectivity index (χ0) is 8.43. The first-order valence-corrected chi connectivity index (χ1v) is 4.08. The van der Waals surface area contributed by atoms with Gasteiger partial charge < -0.3 is 10.2 Å². The highest BCUT2D eigenvalue weighted by Crippen LogP contribution is 2.21. The summed E-state index contributed by atoms with van der Waals surface area (Å²) in [5.74, 6) is 0.381. The summed E-state index contributed by atoms with van der Waals surface area (Å²) < 4.78 is 0. The molecule has 0 aliphatic carbocycles. The molecule has 3 heteroatoms. The van der Waals surface area contributed by atoms with Crippen molar-refractivity contribution in [1.82, 2.24) is 10.2 Å². The Labute approximate surface area is 67.8 Å². The highest BCUT2D eigenvalue weighted by Gasteiger charge is 2.32. The first-order valence-electron chi connectivity index (χ1n) is 4.08. The Balaban J connectivity index is 2.54. The summed E-state index contributed by atoms with van der Waals surface area (Å²) in [5, 5.41) is 2.69. The van der Waals surface area contributed by atoms with Crippen LogP contribution in [0.15, 0.2) is 0 Å². The lowest BCUT2D eigenvalue weighted by atomic mass is 10.0. The van der Waals surface area contributed by atoms with Crippen molar-refractivity contribution in [3.63, 3.8) is 0 Å². The number of rotatable bonds is 1. The molecule has 1 amide bonds. The number of hydrogen-bond donors (Lipinski definition) is 1. The van der Waals surface area contributed by atoms with Crippen molar-refractivity contribution in [2.75, 3.05) is 20.6 Å². The standard InChI is InChI=1S/C8H16N2O/c1-6-7(8(11)9-2)4-5-10(6)3/h6-7H,4-5H2,1-3H3,(H,9,11). The van der Waals surface area contributed by atoms with Crippen LogP contribution in [0.2, 0.25) is 0 Å². The van der Waals surface area contributed by atoms with Crippen LogP contribution in [-0.4, -0.2) is 37.5 Å². The third-order valence-electron chi connectivity index (χ3n) is 2.65. The highest BCUT2D eigenvalue weighted by atomic mass is 16.1. The summed E-state index contributed by atoms with van der Waals surface area (Å²) in [6, 6.07) is 0.398. The molecule has 11 heavy (non-hydrogen) atoms. The maximum Gasteiger partial charge on any atom is 0.224 e. The van der Waals surface area contributed by atoms with Gasteiger partial charge >= 0.3 is 0 Å². The molecule has 1 aliphatic heterocycles. The summed E-state index contributed by atoms with van der Waals surface area (Å²) in [6.07, 6.45) is 0.997. The lowest BCUT2D eigenvalue weighted by molar-refractivity contribution is -0.124. The molecule has 2 atom stereocenters. The number of carbonyl (C=O) groups excluding carboxylic acids is 1. The van der Waals surface area contributed by atoms with Crippen LogP contribution in [0.4, 0.5) is 0 Å². The van der Waals surface area contributed by atoms with Gasteiger partial charge in [-0.2, -0.15) is 0 Å². The molecule has 0 bridgehead atoms. The number of nitrogens with one attached hydrogen (secondary N) is 1. The Morgan fingerprint density at radius 1 is 1.64 bits per heavy atom. The molecule has 0 radical (unpaired) electrons. The molecule has 2 unspecified atom stereocenters. The van der Waals surface area contributed by atoms with E-state index in [0.717, 1.165) is 13.0 Å². The van der Waals surface area contributed by atoms with Crippen molar-refractivity contribution in [1.29, 1.82) is 0 Å². The Kier molecular flexibility index (Phi) is 2.49. The number of carbonyl (C=O) groups is 1. The summed E-state index contributed by atoms with van der Waals surface area (Å²) in [4.78, 5) is 13.5. The molecule has 0 aromatic heterocycles. The molecule has 0 spiro atoms. The van der Waals surface area contributed by atoms with Gasteiger partial charge in [0.1, 0.15) is 0 Å². The lowest BCUT2D eigenvalue weighted by Crippen LogP contribution is -2.35. The van der Waals surface area contributed by atoms with E-state index in [9.17, 15) is 4.79 Å². The van der Waals surface area contributed by atoms with Crippen molar-refractivity contribution >= 4 is 5.91 Å². The predicted molar refractivity (Wildman–Crippen MR) is 44.3 cm³/mol. The molecule has 0 saturated carbocycles. The zero-order valence-electron chi connectivity index (χ0n) is 7.42. The number of hydrogen-bond acceptors (Lipinski definition) is 2. The van der Waals surface area contributed by atoms with Crippen molar-refractivity contribution in [3.05, 3.63) is 0 Å². The van der Waals surface area contributed by atoms with E-state index in [2.05, 4.69) is 24.2 Å². The van der Waals surface area contributed by atoms with E-state index in [4.69, 9.17) is 0 Å². The van der Waals surface area contributed by atoms with E-state index >= 15 is 0 Å². The molecule has 1 heterocycles. The first kappa shape index (κ1) is 8.53. The quantitative estimate of drug-likeness (QED) is 0.583. The SMILES string of the molecule is CNC(=O)C1CCN(C)C1C. The topological polar surface area (TPSA) is 32.3 Å². The van der Waals surface area contributed by atoms with Crippen molar-refractivity contribution in [2.45, 2.75) is 19.4 Å². The van der Waals surface area contributed by atoms with Gasteiger partial charge in [0.2, 0.25) is 5.91 Å². The van der Waals surface area contributed by atoms with Gasteiger partial charge in [-0.25, -0.2) is 0 Å². The summed E-state index contributed by atoms with van der Waals surface area (Å²) in [5.41, 5.74) is 0. The number of likely N-dealkylation sites (tertiary alicyclic amines) is 1. The normalized spacial score (nSPS) is 32.3. The molecule has 3 nitrogen and oxygen atoms in total. The molecule has 64 valence electrons. The van der Waals surface area contributed by atoms with E-state index in [0.29, 0.717) is 6.04 Å². The van der Waals surface area contributed by atoms with E-state index in [-0.39, 0.29) is 11.8 Å². The van der Waals surface area contributed by atoms with Gasteiger partial charge in [0.25, 0.3) is 0 Å². The minimum Gasteiger partial charge on any atom is -0.359 e. The van der Waals surface area contributed by atoms with Gasteiger partial charge in [-0.1, -0.05) is 0 Å². The van der Waals surface area contributed by atoms with Crippen molar-refractivity contribution in [3.8, 4) is 0 Å². The molecule has 1 saturated heterocycles. The first-order chi connectivity index (χ1) is 5.16. The van der Waals surface area contributed by atoms with E-state index in [1.807, 2.05) is 0 Å². The average Bonchev–Trinajstić information content (AvgIpc) is 2.32. The molecule has 0 aromatic carbocycles. The van der Waals surface area contributed by atoms with Crippen LogP contribution in [0.25, 0.3) is 0 Å². The smallest absolute Gasteiger partial charge is 0.224 e. The van der Waals surface area contributed by atoms with Crippen LogP contribution < -0.4 is 5.32 Å². The van der Waals surface area contributed by atoms with Crippen LogP contribution in [-0.2, 0) is 4.79 Å². The highest BCUT2D eigenvalue weighted by molar-refractivity contribution is 5.79. The molecule has 1 N–H and O–H groups in total. The molecule has 1 fully saturated rings. The predicted octanol–water partition coefficient (Wildman–Crippen LogP) is 0.0726. The van der Waals surface area contributed by atoms with Gasteiger partial charge in [-0.3, -0.25) is 4.79 Å². The van der Waals surface area contributed by atoms with Gasteiger partial charge in [0.15, 0.2) is 0 Å². The Bertz CT molecular complexity index is 158. The molecular weight excluding hydrogens is 140 g/mol. The van der Waals surface area contributed by atoms with Crippen LogP contribution in [0, 0.1) is 5.92 Å². The second-order valence-electron chi connectivity index (χ2n) is 3.23. The second kappa shape index (κ2) is 3.22. The van der Waals surface area contributed by atoms with Crippen molar-refractivity contribution < 1.29 is 4.79 Å². The largest absolute Gasteiger partial charge is 0.359 e. The lowest BCUT2D eigenvalue weighted by Gasteiger charge is -2.18. The fourth-order valence-electron chi connectivity index (χ4n) is 1.63. The maximum absolute atomic E-state index is 11.2. The molecule has 0 aromatic rings. The van der Waals surface area contributed by atoms with Crippen LogP contribution >= 0.6 is 0 Å². The molecule has 1 rings (SSSR count). The summed E-state index contributed by atoms with van der Waals surface area (Å²) in [7, 11) is 3.76. The Morgan fingerprint density at radius 3 is 2.64 bits per heavy atom. The average molecular weight is 156 g/mol. The van der Waals surface area contributed by atoms with E-state index in [1.54, 1.807) is 7.05 Å². The van der Waals surface area contributed by atoms with Gasteiger partial charge in [0, 0.05) is 13.1 Å². The fourth-order valence-corrected chi connectivity index (χ4v) is 1.63. The fraction of sp³-hybridized carbons (Fsp3) is 0.875. The van der Waals surface area contributed by atoms with Crippen LogP contribution in [0.5, 0.6) is 0 Å². The number of nitrogens with zero attached hydrogens (tertiary/aromatic N) is 1. The van der Waals surface area contributed by atoms with Gasteiger partial charge in [0.05, 0.1) is 5.92 Å². The molecular formula is C8H16N2O. The third kappa shape index (κ3) is 1.53. The van der Waals surface area contributed by atoms with Gasteiger partial charge in [-0.05, 0) is 26.9 Å². The molecule has 1 aliphatic rings. The Hall–Kier alpha value is -0.570. The summed E-state index contributed by atoms with van der Waals surface area (Å²) in [6.45, 7) is 3.15. The van der Waals surface area contributed by atoms with Gasteiger partial charge in [-0.15, -0.1) is 0 Å². The minimum absolute atomic E-state index is 0.182. The monoisotopic (exact) mass is 156 g/mol. The second-order valence-corrected chi connectivity index (χ2v) is 3.23. The summed E-state index contributed by atoms with van der Waals surface area (Å²) >= 11 is 0. The minimum atomic E-state index is 0.182. The Morgan fingerprint density at radius 2 is 2.27 bits per heavy atom. The third-order valence-corrected chi connectivity index (χ3v) is 2.65. The van der Waals surface area contributed by atoms with Crippen molar-refractivity contribution in [2.24, 2.45) is 5.92 Å². The maximum atomic E-state index is 11.2.